The van der Waals surface area contributed by atoms with Crippen LogP contribution in [-0.4, -0.2) is 4.57 Å². The summed E-state index contributed by atoms with van der Waals surface area (Å²) in [4.78, 5) is 2.34. The molecule has 0 spiro atoms. The van der Waals surface area contributed by atoms with Crippen molar-refractivity contribution in [1.82, 2.24) is 4.57 Å². The lowest BCUT2D eigenvalue weighted by atomic mass is 9.98. The molecule has 0 bridgehead atoms. The number of aromatic nitrogens is 1. The number of rotatable bonds is 5. The monoisotopic (exact) mass is 642 g/mol. The predicted octanol–water partition coefficient (Wildman–Crippen LogP) is 13.4. The van der Waals surface area contributed by atoms with Crippen molar-refractivity contribution in [3.63, 3.8) is 0 Å². The molecule has 230 valence electrons. The molecule has 0 aliphatic carbocycles. The predicted molar refractivity (Wildman–Crippen MR) is 211 cm³/mol. The van der Waals surface area contributed by atoms with Crippen molar-refractivity contribution < 1.29 is 0 Å². The lowest BCUT2D eigenvalue weighted by molar-refractivity contribution is 1.17. The highest BCUT2D eigenvalue weighted by atomic mass is 32.1. The van der Waals surface area contributed by atoms with Crippen LogP contribution in [0.4, 0.5) is 17.1 Å². The van der Waals surface area contributed by atoms with Crippen LogP contribution in [0.3, 0.4) is 0 Å². The first kappa shape index (κ1) is 27.9. The van der Waals surface area contributed by atoms with E-state index in [0.717, 1.165) is 22.7 Å². The molecule has 0 saturated carbocycles. The third-order valence-electron chi connectivity index (χ3n) is 9.78. The number of hydrogen-bond donors (Lipinski definition) is 0. The highest BCUT2D eigenvalue weighted by Crippen LogP contribution is 2.42. The minimum absolute atomic E-state index is 1.11. The van der Waals surface area contributed by atoms with Crippen LogP contribution >= 0.6 is 11.3 Å². The maximum atomic E-state index is 2.42. The first-order valence-electron chi connectivity index (χ1n) is 16.7. The molecule has 10 rings (SSSR count). The van der Waals surface area contributed by atoms with Gasteiger partial charge in [-0.05, 0) is 94.7 Å². The van der Waals surface area contributed by atoms with Crippen molar-refractivity contribution in [2.24, 2.45) is 0 Å². The number of anilines is 3. The van der Waals surface area contributed by atoms with Gasteiger partial charge in [0.2, 0.25) is 0 Å². The van der Waals surface area contributed by atoms with Crippen LogP contribution in [0.5, 0.6) is 0 Å². The van der Waals surface area contributed by atoms with Crippen molar-refractivity contribution in [3.8, 4) is 16.8 Å². The number of nitrogens with zero attached hydrogens (tertiary/aromatic N) is 2. The van der Waals surface area contributed by atoms with Crippen molar-refractivity contribution in [2.45, 2.75) is 0 Å². The molecule has 2 aromatic heterocycles. The molecule has 0 aliphatic heterocycles. The Bertz CT molecular complexity index is 2800. The van der Waals surface area contributed by atoms with E-state index in [0.29, 0.717) is 0 Å². The standard InChI is InChI=1S/C46H30N2S/c1-2-13-33(14-3-1)47(34-23-21-32(22-24-34)38-18-10-12-31-11-4-5-15-37(31)38)35-25-27-36(28-26-35)48-43-19-8-6-16-39(43)41-29-42-40-17-7-9-20-45(40)49-46(42)30-44(41)48/h1-30H. The summed E-state index contributed by atoms with van der Waals surface area (Å²) in [6, 6.07) is 66.1. The van der Waals surface area contributed by atoms with Crippen LogP contribution < -0.4 is 4.90 Å². The third-order valence-corrected chi connectivity index (χ3v) is 10.9. The summed E-state index contributed by atoms with van der Waals surface area (Å²) >= 11 is 1.87. The Kier molecular flexibility index (Phi) is 6.39. The zero-order chi connectivity index (χ0) is 32.3. The average Bonchev–Trinajstić information content (AvgIpc) is 3.69. The molecule has 0 amide bonds. The minimum atomic E-state index is 1.11. The van der Waals surface area contributed by atoms with Crippen molar-refractivity contribution >= 4 is 81.1 Å². The lowest BCUT2D eigenvalue weighted by Gasteiger charge is -2.26. The smallest absolute Gasteiger partial charge is 0.0555 e. The van der Waals surface area contributed by atoms with E-state index >= 15 is 0 Å². The summed E-state index contributed by atoms with van der Waals surface area (Å²) in [6.45, 7) is 0. The van der Waals surface area contributed by atoms with E-state index in [9.17, 15) is 0 Å². The second-order valence-electron chi connectivity index (χ2n) is 12.6. The molecule has 0 aliphatic rings. The first-order valence-corrected chi connectivity index (χ1v) is 17.5. The van der Waals surface area contributed by atoms with Gasteiger partial charge in [0.05, 0.1) is 11.0 Å². The molecule has 8 aromatic carbocycles. The maximum Gasteiger partial charge on any atom is 0.0555 e. The highest BCUT2D eigenvalue weighted by molar-refractivity contribution is 7.25. The molecular formula is C46H30N2S. The van der Waals surface area contributed by atoms with Crippen LogP contribution in [0.15, 0.2) is 182 Å². The Balaban J connectivity index is 1.09. The molecule has 0 saturated heterocycles. The molecule has 2 heterocycles. The van der Waals surface area contributed by atoms with Crippen LogP contribution in [-0.2, 0) is 0 Å². The molecule has 0 N–H and O–H groups in total. The van der Waals surface area contributed by atoms with E-state index in [2.05, 4.69) is 191 Å². The van der Waals surface area contributed by atoms with E-state index in [4.69, 9.17) is 0 Å². The molecule has 0 atom stereocenters. The molecule has 0 unspecified atom stereocenters. The Morgan fingerprint density at radius 3 is 1.84 bits per heavy atom. The van der Waals surface area contributed by atoms with Crippen molar-refractivity contribution in [2.75, 3.05) is 4.90 Å². The largest absolute Gasteiger partial charge is 0.311 e. The topological polar surface area (TPSA) is 8.17 Å². The van der Waals surface area contributed by atoms with Crippen molar-refractivity contribution in [1.29, 1.82) is 0 Å². The fourth-order valence-corrected chi connectivity index (χ4v) is 8.63. The summed E-state index contributed by atoms with van der Waals surface area (Å²) in [5.41, 5.74) is 9.41. The molecular weight excluding hydrogens is 613 g/mol. The van der Waals surface area contributed by atoms with Gasteiger partial charge in [-0.3, -0.25) is 0 Å². The van der Waals surface area contributed by atoms with E-state index in [1.165, 1.54) is 63.9 Å². The van der Waals surface area contributed by atoms with Gasteiger partial charge in [0, 0.05) is 53.7 Å². The van der Waals surface area contributed by atoms with Gasteiger partial charge in [-0.15, -0.1) is 11.3 Å². The van der Waals surface area contributed by atoms with E-state index < -0.39 is 0 Å². The fourth-order valence-electron chi connectivity index (χ4n) is 7.51. The zero-order valence-electron chi connectivity index (χ0n) is 26.6. The number of para-hydroxylation sites is 2. The molecule has 10 aromatic rings. The summed E-state index contributed by atoms with van der Waals surface area (Å²) < 4.78 is 5.07. The molecule has 2 nitrogen and oxygen atoms in total. The Hall–Kier alpha value is -6.16. The van der Waals surface area contributed by atoms with E-state index in [1.807, 2.05) is 11.3 Å². The normalized spacial score (nSPS) is 11.7. The van der Waals surface area contributed by atoms with Gasteiger partial charge >= 0.3 is 0 Å². The fraction of sp³-hybridized carbons (Fsp3) is 0. The van der Waals surface area contributed by atoms with Gasteiger partial charge in [-0.2, -0.15) is 0 Å². The SMILES string of the molecule is c1ccc(N(c2ccc(-c3cccc4ccccc34)cc2)c2ccc(-n3c4ccccc4c4cc5c(cc43)sc3ccccc35)cc2)cc1. The average molecular weight is 643 g/mol. The molecule has 49 heavy (non-hydrogen) atoms. The number of thiophene rings is 1. The number of fused-ring (bicyclic) bond motifs is 7. The second kappa shape index (κ2) is 11.2. The first-order chi connectivity index (χ1) is 24.3. The third kappa shape index (κ3) is 4.55. The second-order valence-corrected chi connectivity index (χ2v) is 13.7. The maximum absolute atomic E-state index is 2.42. The Morgan fingerprint density at radius 1 is 0.388 bits per heavy atom. The minimum Gasteiger partial charge on any atom is -0.311 e. The highest BCUT2D eigenvalue weighted by Gasteiger charge is 2.17. The lowest BCUT2D eigenvalue weighted by Crippen LogP contribution is -2.10. The number of hydrogen-bond acceptors (Lipinski definition) is 2. The van der Waals surface area contributed by atoms with Crippen molar-refractivity contribution in [3.05, 3.63) is 182 Å². The van der Waals surface area contributed by atoms with Crippen LogP contribution in [0.2, 0.25) is 0 Å². The van der Waals surface area contributed by atoms with Gasteiger partial charge < -0.3 is 9.47 Å². The summed E-state index contributed by atoms with van der Waals surface area (Å²) in [5, 5.41) is 7.75. The van der Waals surface area contributed by atoms with Gasteiger partial charge in [-0.25, -0.2) is 0 Å². The van der Waals surface area contributed by atoms with Crippen LogP contribution in [0.1, 0.15) is 0 Å². The van der Waals surface area contributed by atoms with Gasteiger partial charge in [0.25, 0.3) is 0 Å². The van der Waals surface area contributed by atoms with Crippen LogP contribution in [0, 0.1) is 0 Å². The van der Waals surface area contributed by atoms with Gasteiger partial charge in [0.1, 0.15) is 0 Å². The summed E-state index contributed by atoms with van der Waals surface area (Å²) in [5.74, 6) is 0. The molecule has 0 radical (unpaired) electrons. The molecule has 3 heteroatoms. The van der Waals surface area contributed by atoms with Gasteiger partial charge in [-0.1, -0.05) is 109 Å². The van der Waals surface area contributed by atoms with E-state index in [-0.39, 0.29) is 0 Å². The summed E-state index contributed by atoms with van der Waals surface area (Å²) in [7, 11) is 0. The van der Waals surface area contributed by atoms with Gasteiger partial charge in [0.15, 0.2) is 0 Å². The number of benzene rings is 8. The Labute approximate surface area is 288 Å². The van der Waals surface area contributed by atoms with E-state index in [1.54, 1.807) is 0 Å². The summed E-state index contributed by atoms with van der Waals surface area (Å²) in [6.07, 6.45) is 0. The van der Waals surface area contributed by atoms with Crippen LogP contribution in [0.25, 0.3) is 69.6 Å². The Morgan fingerprint density at radius 2 is 1.02 bits per heavy atom. The molecule has 0 fully saturated rings. The zero-order valence-corrected chi connectivity index (χ0v) is 27.4. The quantitative estimate of drug-likeness (QED) is 0.181.